The van der Waals surface area contributed by atoms with E-state index in [0.29, 0.717) is 11.8 Å². The molecule has 1 unspecified atom stereocenters. The second kappa shape index (κ2) is 9.07. The first-order chi connectivity index (χ1) is 13.1. The van der Waals surface area contributed by atoms with E-state index in [1.807, 2.05) is 25.0 Å². The summed E-state index contributed by atoms with van der Waals surface area (Å²) < 4.78 is 1.89. The number of nitrogens with zero attached hydrogens (tertiary/aromatic N) is 4. The van der Waals surface area contributed by atoms with E-state index in [1.165, 1.54) is 16.7 Å². The van der Waals surface area contributed by atoms with Crippen LogP contribution in [0.2, 0.25) is 0 Å². The molecule has 2 heterocycles. The average molecular weight is 368 g/mol. The Morgan fingerprint density at radius 1 is 1.30 bits per heavy atom. The van der Waals surface area contributed by atoms with Crippen LogP contribution in [-0.4, -0.2) is 47.3 Å². The molecule has 0 bridgehead atoms. The molecule has 1 saturated heterocycles. The first-order valence-electron chi connectivity index (χ1n) is 10.1. The number of aliphatic imine (C=N–C) groups is 1. The third-order valence-corrected chi connectivity index (χ3v) is 5.47. The van der Waals surface area contributed by atoms with Crippen LogP contribution in [0.1, 0.15) is 55.2 Å². The number of aryl methyl sites for hydroxylation is 2. The molecule has 1 aromatic heterocycles. The van der Waals surface area contributed by atoms with Crippen molar-refractivity contribution in [1.82, 2.24) is 20.0 Å². The van der Waals surface area contributed by atoms with Gasteiger partial charge in [0.1, 0.15) is 0 Å². The summed E-state index contributed by atoms with van der Waals surface area (Å²) in [7, 11) is 3.86. The Morgan fingerprint density at radius 3 is 2.70 bits per heavy atom. The quantitative estimate of drug-likeness (QED) is 0.482. The maximum Gasteiger partial charge on any atom is 0.193 e. The van der Waals surface area contributed by atoms with E-state index in [-0.39, 0.29) is 0 Å². The monoisotopic (exact) mass is 367 g/mol. The molecule has 146 valence electrons. The van der Waals surface area contributed by atoms with Gasteiger partial charge in [0.25, 0.3) is 0 Å². The fourth-order valence-electron chi connectivity index (χ4n) is 3.77. The molecule has 1 fully saturated rings. The number of rotatable bonds is 6. The predicted octanol–water partition coefficient (Wildman–Crippen LogP) is 3.54. The zero-order valence-electron chi connectivity index (χ0n) is 17.2. The smallest absolute Gasteiger partial charge is 0.193 e. The lowest BCUT2D eigenvalue weighted by Gasteiger charge is -2.21. The van der Waals surface area contributed by atoms with Crippen LogP contribution in [0.5, 0.6) is 0 Å². The highest BCUT2D eigenvalue weighted by Crippen LogP contribution is 2.26. The highest BCUT2D eigenvalue weighted by Gasteiger charge is 2.26. The van der Waals surface area contributed by atoms with Crippen molar-refractivity contribution in [3.8, 4) is 0 Å². The summed E-state index contributed by atoms with van der Waals surface area (Å²) in [6.07, 6.45) is 7.50. The van der Waals surface area contributed by atoms with Crippen LogP contribution in [0.25, 0.3) is 0 Å². The summed E-state index contributed by atoms with van der Waals surface area (Å²) in [5.41, 5.74) is 4.16. The number of guanidine groups is 1. The molecule has 0 spiro atoms. The van der Waals surface area contributed by atoms with Gasteiger partial charge in [0.2, 0.25) is 0 Å². The Morgan fingerprint density at radius 2 is 2.07 bits per heavy atom. The summed E-state index contributed by atoms with van der Waals surface area (Å²) in [6.45, 7) is 7.49. The summed E-state index contributed by atoms with van der Waals surface area (Å²) >= 11 is 0. The Labute approximate surface area is 163 Å². The number of hydrogen-bond donors (Lipinski definition) is 1. The lowest BCUT2D eigenvalue weighted by atomic mass is 10.0. The van der Waals surface area contributed by atoms with E-state index in [1.54, 1.807) is 0 Å². The van der Waals surface area contributed by atoms with Crippen LogP contribution in [0.15, 0.2) is 41.7 Å². The van der Waals surface area contributed by atoms with Gasteiger partial charge in [-0.05, 0) is 41.9 Å². The molecular weight excluding hydrogens is 334 g/mol. The van der Waals surface area contributed by atoms with Crippen molar-refractivity contribution in [2.45, 2.75) is 44.9 Å². The van der Waals surface area contributed by atoms with Gasteiger partial charge in [-0.1, -0.05) is 38.1 Å². The van der Waals surface area contributed by atoms with Crippen LogP contribution in [0.3, 0.4) is 0 Å². The molecule has 2 aromatic rings. The first kappa shape index (κ1) is 19.5. The van der Waals surface area contributed by atoms with Crippen LogP contribution in [-0.2, 0) is 13.5 Å². The largest absolute Gasteiger partial charge is 0.356 e. The zero-order chi connectivity index (χ0) is 19.2. The molecule has 5 heteroatoms. The van der Waals surface area contributed by atoms with E-state index in [0.717, 1.165) is 44.9 Å². The fraction of sp³-hybridized carbons (Fsp3) is 0.545. The van der Waals surface area contributed by atoms with Crippen molar-refractivity contribution in [2.75, 3.05) is 26.7 Å². The number of hydrogen-bond acceptors (Lipinski definition) is 2. The molecule has 1 atom stereocenters. The number of aromatic nitrogens is 2. The minimum atomic E-state index is 0.553. The maximum atomic E-state index is 4.49. The number of benzene rings is 1. The Kier molecular flexibility index (Phi) is 6.54. The molecular formula is C22H33N5. The summed E-state index contributed by atoms with van der Waals surface area (Å²) in [6, 6.07) is 9.05. The zero-order valence-corrected chi connectivity index (χ0v) is 17.2. The molecule has 3 rings (SSSR count). The van der Waals surface area contributed by atoms with Crippen molar-refractivity contribution in [3.63, 3.8) is 0 Å². The minimum Gasteiger partial charge on any atom is -0.356 e. The van der Waals surface area contributed by atoms with Gasteiger partial charge in [0, 0.05) is 45.8 Å². The maximum absolute atomic E-state index is 4.49. The lowest BCUT2D eigenvalue weighted by Crippen LogP contribution is -2.40. The van der Waals surface area contributed by atoms with Gasteiger partial charge < -0.3 is 10.2 Å². The molecule has 1 aliphatic rings. The van der Waals surface area contributed by atoms with Gasteiger partial charge >= 0.3 is 0 Å². The van der Waals surface area contributed by atoms with Crippen LogP contribution in [0.4, 0.5) is 0 Å². The third kappa shape index (κ3) is 5.12. The second-order valence-corrected chi connectivity index (χ2v) is 7.85. The lowest BCUT2D eigenvalue weighted by molar-refractivity contribution is 0.485. The third-order valence-electron chi connectivity index (χ3n) is 5.47. The van der Waals surface area contributed by atoms with E-state index >= 15 is 0 Å². The molecule has 27 heavy (non-hydrogen) atoms. The molecule has 1 N–H and O–H groups in total. The van der Waals surface area contributed by atoms with Gasteiger partial charge in [-0.2, -0.15) is 5.10 Å². The Balaban J connectivity index is 1.43. The van der Waals surface area contributed by atoms with Crippen molar-refractivity contribution < 1.29 is 0 Å². The summed E-state index contributed by atoms with van der Waals surface area (Å²) in [5.74, 6) is 2.17. The van der Waals surface area contributed by atoms with Crippen molar-refractivity contribution in [1.29, 1.82) is 0 Å². The molecule has 1 aliphatic heterocycles. The van der Waals surface area contributed by atoms with E-state index < -0.39 is 0 Å². The van der Waals surface area contributed by atoms with Crippen LogP contribution in [0, 0.1) is 0 Å². The highest BCUT2D eigenvalue weighted by atomic mass is 15.3. The number of nitrogens with one attached hydrogen (secondary N) is 1. The second-order valence-electron chi connectivity index (χ2n) is 7.85. The SMILES string of the molecule is CN=C(NCCCc1ccc(C(C)C)cc1)N1CCC(c2cnn(C)c2)C1. The van der Waals surface area contributed by atoms with E-state index in [4.69, 9.17) is 0 Å². The van der Waals surface area contributed by atoms with Gasteiger partial charge in [0.05, 0.1) is 6.20 Å². The van der Waals surface area contributed by atoms with Crippen molar-refractivity contribution in [3.05, 3.63) is 53.3 Å². The highest BCUT2D eigenvalue weighted by molar-refractivity contribution is 5.80. The topological polar surface area (TPSA) is 45.5 Å². The van der Waals surface area contributed by atoms with Gasteiger partial charge in [-0.25, -0.2) is 0 Å². The van der Waals surface area contributed by atoms with E-state index in [2.05, 4.69) is 64.6 Å². The molecule has 0 radical (unpaired) electrons. The van der Waals surface area contributed by atoms with Gasteiger partial charge in [-0.3, -0.25) is 9.67 Å². The Bertz CT molecular complexity index is 744. The standard InChI is InChI=1S/C22H33N5/c1-17(2)19-9-7-18(8-10-19)6-5-12-24-22(23-3)27-13-11-20(16-27)21-14-25-26(4)15-21/h7-10,14-15,17,20H,5-6,11-13,16H2,1-4H3,(H,23,24). The Hall–Kier alpha value is -2.30. The fourth-order valence-corrected chi connectivity index (χ4v) is 3.77. The minimum absolute atomic E-state index is 0.553. The molecule has 0 aliphatic carbocycles. The van der Waals surface area contributed by atoms with Crippen molar-refractivity contribution in [2.24, 2.45) is 12.0 Å². The summed E-state index contributed by atoms with van der Waals surface area (Å²) in [5, 5.41) is 7.85. The average Bonchev–Trinajstić information content (AvgIpc) is 3.31. The normalized spacial score (nSPS) is 17.7. The van der Waals surface area contributed by atoms with Gasteiger partial charge in [0.15, 0.2) is 5.96 Å². The number of likely N-dealkylation sites (tertiary alicyclic amines) is 1. The molecule has 0 saturated carbocycles. The van der Waals surface area contributed by atoms with Crippen LogP contribution >= 0.6 is 0 Å². The summed E-state index contributed by atoms with van der Waals surface area (Å²) in [4.78, 5) is 6.86. The van der Waals surface area contributed by atoms with Crippen LogP contribution < -0.4 is 5.32 Å². The van der Waals surface area contributed by atoms with Gasteiger partial charge in [-0.15, -0.1) is 0 Å². The molecule has 1 aromatic carbocycles. The van der Waals surface area contributed by atoms with E-state index in [9.17, 15) is 0 Å². The molecule has 5 nitrogen and oxygen atoms in total. The predicted molar refractivity (Wildman–Crippen MR) is 112 cm³/mol. The molecule has 0 amide bonds. The van der Waals surface area contributed by atoms with Crippen molar-refractivity contribution >= 4 is 5.96 Å². The first-order valence-corrected chi connectivity index (χ1v) is 10.1.